The molecule has 5 heteroatoms. The Balaban J connectivity index is 1.75. The minimum Gasteiger partial charge on any atom is -0.494 e. The summed E-state index contributed by atoms with van der Waals surface area (Å²) in [6.07, 6.45) is 4.10. The molecule has 22 heavy (non-hydrogen) atoms. The Morgan fingerprint density at radius 2 is 2.18 bits per heavy atom. The fraction of sp³-hybridized carbons (Fsp3) is 0.471. The van der Waals surface area contributed by atoms with Gasteiger partial charge in [0, 0.05) is 37.5 Å². The van der Waals surface area contributed by atoms with Gasteiger partial charge in [-0.25, -0.2) is 4.39 Å². The van der Waals surface area contributed by atoms with E-state index in [0.29, 0.717) is 12.4 Å². The van der Waals surface area contributed by atoms with Crippen molar-refractivity contribution in [3.63, 3.8) is 0 Å². The van der Waals surface area contributed by atoms with E-state index < -0.39 is 0 Å². The highest BCUT2D eigenvalue weighted by Gasteiger charge is 2.18. The van der Waals surface area contributed by atoms with Crippen LogP contribution in [-0.2, 0) is 26.6 Å². The second-order valence-electron chi connectivity index (χ2n) is 5.78. The molecule has 4 nitrogen and oxygen atoms in total. The monoisotopic (exact) mass is 303 g/mol. The number of rotatable bonds is 4. The summed E-state index contributed by atoms with van der Waals surface area (Å²) in [6.45, 7) is 5.06. The van der Waals surface area contributed by atoms with Gasteiger partial charge in [0.15, 0.2) is 0 Å². The molecule has 0 spiro atoms. The van der Waals surface area contributed by atoms with Crippen molar-refractivity contribution in [1.82, 2.24) is 14.7 Å². The van der Waals surface area contributed by atoms with Gasteiger partial charge in [0.05, 0.1) is 12.8 Å². The molecule has 0 unspecified atom stereocenters. The Kier molecular flexibility index (Phi) is 4.43. The maximum absolute atomic E-state index is 13.7. The predicted octanol–water partition coefficient (Wildman–Crippen LogP) is 2.91. The van der Waals surface area contributed by atoms with E-state index in [1.54, 1.807) is 6.07 Å². The number of nitrogens with zero attached hydrogens (tertiary/aromatic N) is 3. The first-order valence-electron chi connectivity index (χ1n) is 7.80. The van der Waals surface area contributed by atoms with E-state index >= 15 is 0 Å². The summed E-state index contributed by atoms with van der Waals surface area (Å²) in [5, 5.41) is 4.34. The molecule has 1 aliphatic heterocycles. The number of hydrogen-bond acceptors (Lipinski definition) is 3. The number of aryl methyl sites for hydroxylation is 1. The Labute approximate surface area is 130 Å². The largest absolute Gasteiger partial charge is 0.494 e. The van der Waals surface area contributed by atoms with Crippen LogP contribution in [0.2, 0.25) is 0 Å². The Morgan fingerprint density at radius 1 is 1.32 bits per heavy atom. The van der Waals surface area contributed by atoms with Crippen LogP contribution in [0.1, 0.15) is 30.2 Å². The minimum absolute atomic E-state index is 0.238. The lowest BCUT2D eigenvalue weighted by Gasteiger charge is -2.20. The predicted molar refractivity (Wildman–Crippen MR) is 83.2 cm³/mol. The molecule has 1 aliphatic rings. The van der Waals surface area contributed by atoms with Crippen LogP contribution < -0.4 is 4.74 Å². The fourth-order valence-electron chi connectivity index (χ4n) is 3.11. The molecule has 0 saturated carbocycles. The smallest absolute Gasteiger partial charge is 0.127 e. The van der Waals surface area contributed by atoms with Gasteiger partial charge < -0.3 is 4.74 Å². The fourth-order valence-corrected chi connectivity index (χ4v) is 3.11. The van der Waals surface area contributed by atoms with Crippen molar-refractivity contribution in [2.75, 3.05) is 13.2 Å². The normalized spacial score (nSPS) is 15.4. The molecule has 0 fully saturated rings. The second kappa shape index (κ2) is 6.48. The van der Waals surface area contributed by atoms with Crippen LogP contribution >= 0.6 is 0 Å². The van der Waals surface area contributed by atoms with E-state index in [-0.39, 0.29) is 5.82 Å². The molecule has 0 amide bonds. The lowest BCUT2D eigenvalue weighted by Crippen LogP contribution is -2.22. The quantitative estimate of drug-likeness (QED) is 0.870. The molecule has 1 aromatic heterocycles. The first kappa shape index (κ1) is 15.0. The number of aromatic nitrogens is 2. The number of halogens is 1. The summed E-state index contributed by atoms with van der Waals surface area (Å²) in [4.78, 5) is 2.35. The van der Waals surface area contributed by atoms with Crippen LogP contribution in [0.3, 0.4) is 0 Å². The number of ether oxygens (including phenoxy) is 1. The number of benzene rings is 1. The summed E-state index contributed by atoms with van der Waals surface area (Å²) in [5.74, 6) is 0.368. The third-order valence-corrected chi connectivity index (χ3v) is 4.08. The highest BCUT2D eigenvalue weighted by Crippen LogP contribution is 2.22. The minimum atomic E-state index is -0.238. The van der Waals surface area contributed by atoms with Crippen LogP contribution in [0.15, 0.2) is 24.4 Å². The summed E-state index contributed by atoms with van der Waals surface area (Å²) < 4.78 is 21.1. The van der Waals surface area contributed by atoms with Crippen molar-refractivity contribution in [3.8, 4) is 5.75 Å². The SMILES string of the molecule is CCOc1cc(F)cc(CN2CCCc3c(cnn3C)C2)c1. The molecular weight excluding hydrogens is 281 g/mol. The third-order valence-electron chi connectivity index (χ3n) is 4.08. The maximum Gasteiger partial charge on any atom is 0.127 e. The maximum atomic E-state index is 13.7. The van der Waals surface area contributed by atoms with E-state index in [1.807, 2.05) is 30.9 Å². The molecule has 118 valence electrons. The van der Waals surface area contributed by atoms with Gasteiger partial charge in [0.25, 0.3) is 0 Å². The van der Waals surface area contributed by atoms with E-state index in [4.69, 9.17) is 4.74 Å². The summed E-state index contributed by atoms with van der Waals surface area (Å²) in [6, 6.07) is 4.97. The highest BCUT2D eigenvalue weighted by atomic mass is 19.1. The Morgan fingerprint density at radius 3 is 3.00 bits per heavy atom. The van der Waals surface area contributed by atoms with Gasteiger partial charge in [-0.15, -0.1) is 0 Å². The average molecular weight is 303 g/mol. The average Bonchev–Trinajstić information content (AvgIpc) is 2.69. The highest BCUT2D eigenvalue weighted by molar-refractivity contribution is 5.30. The zero-order valence-corrected chi connectivity index (χ0v) is 13.2. The van der Waals surface area contributed by atoms with Crippen molar-refractivity contribution in [2.45, 2.75) is 32.9 Å². The molecule has 3 rings (SSSR count). The molecule has 0 radical (unpaired) electrons. The molecule has 2 heterocycles. The first-order chi connectivity index (χ1) is 10.7. The Bertz CT molecular complexity index is 653. The zero-order chi connectivity index (χ0) is 15.5. The lowest BCUT2D eigenvalue weighted by molar-refractivity contribution is 0.259. The van der Waals surface area contributed by atoms with Crippen molar-refractivity contribution in [1.29, 1.82) is 0 Å². The van der Waals surface area contributed by atoms with Crippen LogP contribution in [0.5, 0.6) is 5.75 Å². The molecule has 0 aliphatic carbocycles. The zero-order valence-electron chi connectivity index (χ0n) is 13.2. The van der Waals surface area contributed by atoms with E-state index in [2.05, 4.69) is 10.00 Å². The van der Waals surface area contributed by atoms with Crippen LogP contribution in [0, 0.1) is 5.82 Å². The van der Waals surface area contributed by atoms with E-state index in [9.17, 15) is 4.39 Å². The molecule has 0 N–H and O–H groups in total. The van der Waals surface area contributed by atoms with Crippen molar-refractivity contribution in [3.05, 3.63) is 47.0 Å². The van der Waals surface area contributed by atoms with Crippen molar-refractivity contribution < 1.29 is 9.13 Å². The Hall–Kier alpha value is -1.88. The van der Waals surface area contributed by atoms with Gasteiger partial charge in [0.2, 0.25) is 0 Å². The van der Waals surface area contributed by atoms with Crippen LogP contribution in [-0.4, -0.2) is 27.8 Å². The van der Waals surface area contributed by atoms with Gasteiger partial charge >= 0.3 is 0 Å². The van der Waals surface area contributed by atoms with Crippen molar-refractivity contribution >= 4 is 0 Å². The van der Waals surface area contributed by atoms with Crippen LogP contribution in [0.25, 0.3) is 0 Å². The van der Waals surface area contributed by atoms with Gasteiger partial charge in [-0.3, -0.25) is 9.58 Å². The molecule has 1 aromatic carbocycles. The summed E-state index contributed by atoms with van der Waals surface area (Å²) >= 11 is 0. The molecule has 0 bridgehead atoms. The van der Waals surface area contributed by atoms with Gasteiger partial charge in [-0.1, -0.05) is 0 Å². The summed E-state index contributed by atoms with van der Waals surface area (Å²) in [7, 11) is 2.00. The number of hydrogen-bond donors (Lipinski definition) is 0. The van der Waals surface area contributed by atoms with Gasteiger partial charge in [-0.05, 0) is 44.0 Å². The van der Waals surface area contributed by atoms with Gasteiger partial charge in [0.1, 0.15) is 11.6 Å². The van der Waals surface area contributed by atoms with Crippen LogP contribution in [0.4, 0.5) is 4.39 Å². The standard InChI is InChI=1S/C17H22FN3O/c1-3-22-16-8-13(7-15(18)9-16)11-21-6-4-5-17-14(12-21)10-19-20(17)2/h7-10H,3-6,11-12H2,1-2H3. The summed E-state index contributed by atoms with van der Waals surface area (Å²) in [5.41, 5.74) is 3.55. The van der Waals surface area contributed by atoms with E-state index in [0.717, 1.165) is 38.0 Å². The van der Waals surface area contributed by atoms with E-state index in [1.165, 1.54) is 17.3 Å². The van der Waals surface area contributed by atoms with Gasteiger partial charge in [-0.2, -0.15) is 5.10 Å². The molecule has 0 atom stereocenters. The molecule has 0 saturated heterocycles. The van der Waals surface area contributed by atoms with Crippen molar-refractivity contribution in [2.24, 2.45) is 7.05 Å². The lowest BCUT2D eigenvalue weighted by atomic mass is 10.2. The molecular formula is C17H22FN3O. The first-order valence-corrected chi connectivity index (χ1v) is 7.80. The number of fused-ring (bicyclic) bond motifs is 1. The topological polar surface area (TPSA) is 30.3 Å². The third kappa shape index (κ3) is 3.30. The molecule has 2 aromatic rings. The second-order valence-corrected chi connectivity index (χ2v) is 5.78.